The van der Waals surface area contributed by atoms with E-state index in [0.29, 0.717) is 28.7 Å². The molecule has 0 unspecified atom stereocenters. The van der Waals surface area contributed by atoms with Gasteiger partial charge in [-0.05, 0) is 114 Å². The predicted molar refractivity (Wildman–Crippen MR) is 212 cm³/mol. The summed E-state index contributed by atoms with van der Waals surface area (Å²) in [6, 6.07) is 43.2. The molecule has 7 nitrogen and oxygen atoms in total. The van der Waals surface area contributed by atoms with E-state index in [2.05, 4.69) is 86.6 Å². The highest BCUT2D eigenvalue weighted by Crippen LogP contribution is 2.56. The standard InChI is InChI=1S/C48H38N2O5/c1-28(2)29-14-16-30(17-15-29)48(41-12-8-6-10-35(41)36-11-7-9-13-42(36)48)31-18-20-32(21-19-31)49-43(51)37-24-22-33(26-39(37)44(49)52)55-34-23-25-38-40(27-34)46(54)50(45(38)53)47(3,4)5/h6-28H,1-5H3. The van der Waals surface area contributed by atoms with Crippen molar-refractivity contribution in [2.75, 3.05) is 4.90 Å². The highest BCUT2D eigenvalue weighted by molar-refractivity contribution is 6.34. The first-order valence-corrected chi connectivity index (χ1v) is 18.5. The molecular formula is C48H38N2O5. The number of imide groups is 2. The Balaban J connectivity index is 1.05. The maximum absolute atomic E-state index is 14.0. The molecular weight excluding hydrogens is 685 g/mol. The van der Waals surface area contributed by atoms with Crippen molar-refractivity contribution in [3.05, 3.63) is 184 Å². The molecule has 0 saturated carbocycles. The van der Waals surface area contributed by atoms with Gasteiger partial charge < -0.3 is 4.74 Å². The van der Waals surface area contributed by atoms with Gasteiger partial charge in [-0.1, -0.05) is 98.8 Å². The fraction of sp³-hybridized carbons (Fsp3) is 0.167. The van der Waals surface area contributed by atoms with Crippen LogP contribution in [0.2, 0.25) is 0 Å². The fourth-order valence-corrected chi connectivity index (χ4v) is 8.55. The van der Waals surface area contributed by atoms with Crippen LogP contribution in [0.15, 0.2) is 133 Å². The minimum Gasteiger partial charge on any atom is -0.457 e. The minimum absolute atomic E-state index is 0.221. The summed E-state index contributed by atoms with van der Waals surface area (Å²) in [5, 5.41) is 0. The molecule has 1 aliphatic carbocycles. The van der Waals surface area contributed by atoms with Gasteiger partial charge in [-0.25, -0.2) is 4.90 Å². The third-order valence-electron chi connectivity index (χ3n) is 11.1. The first kappa shape index (κ1) is 34.2. The highest BCUT2D eigenvalue weighted by Gasteiger charge is 2.46. The van der Waals surface area contributed by atoms with Gasteiger partial charge in [0.2, 0.25) is 0 Å². The highest BCUT2D eigenvalue weighted by atomic mass is 16.5. The van der Waals surface area contributed by atoms with Crippen LogP contribution in [0.3, 0.4) is 0 Å². The van der Waals surface area contributed by atoms with E-state index in [1.807, 2.05) is 45.0 Å². The number of anilines is 1. The molecule has 2 heterocycles. The van der Waals surface area contributed by atoms with Crippen molar-refractivity contribution in [1.29, 1.82) is 0 Å². The van der Waals surface area contributed by atoms with Crippen molar-refractivity contribution in [3.8, 4) is 22.6 Å². The molecule has 55 heavy (non-hydrogen) atoms. The Morgan fingerprint density at radius 3 is 1.49 bits per heavy atom. The van der Waals surface area contributed by atoms with E-state index in [1.165, 1.54) is 37.6 Å². The fourth-order valence-electron chi connectivity index (χ4n) is 8.55. The van der Waals surface area contributed by atoms with Crippen molar-refractivity contribution in [1.82, 2.24) is 4.90 Å². The average molecular weight is 723 g/mol. The van der Waals surface area contributed by atoms with Crippen molar-refractivity contribution in [3.63, 3.8) is 0 Å². The van der Waals surface area contributed by atoms with E-state index in [4.69, 9.17) is 4.74 Å². The molecule has 0 aromatic heterocycles. The van der Waals surface area contributed by atoms with E-state index in [9.17, 15) is 19.2 Å². The number of ether oxygens (including phenoxy) is 1. The lowest BCUT2D eigenvalue weighted by Gasteiger charge is -2.34. The summed E-state index contributed by atoms with van der Waals surface area (Å²) in [6.07, 6.45) is 0. The lowest BCUT2D eigenvalue weighted by molar-refractivity contribution is 0.0507. The number of fused-ring (bicyclic) bond motifs is 5. The van der Waals surface area contributed by atoms with Gasteiger partial charge in [-0.3, -0.25) is 24.1 Å². The zero-order valence-electron chi connectivity index (χ0n) is 31.2. The summed E-state index contributed by atoms with van der Waals surface area (Å²) in [4.78, 5) is 56.4. The average Bonchev–Trinajstić information content (AvgIpc) is 3.72. The summed E-state index contributed by atoms with van der Waals surface area (Å²) >= 11 is 0. The molecule has 3 aliphatic rings. The molecule has 0 atom stereocenters. The van der Waals surface area contributed by atoms with Gasteiger partial charge in [-0.15, -0.1) is 0 Å². The molecule has 0 spiro atoms. The number of hydrogen-bond acceptors (Lipinski definition) is 5. The lowest BCUT2D eigenvalue weighted by atomic mass is 9.67. The van der Waals surface area contributed by atoms with Gasteiger partial charge in [0.25, 0.3) is 23.6 Å². The predicted octanol–water partition coefficient (Wildman–Crippen LogP) is 10.2. The van der Waals surface area contributed by atoms with Crippen LogP contribution < -0.4 is 9.64 Å². The van der Waals surface area contributed by atoms with E-state index in [-0.39, 0.29) is 28.5 Å². The first-order chi connectivity index (χ1) is 26.4. The van der Waals surface area contributed by atoms with E-state index < -0.39 is 22.8 Å². The Labute approximate surface area is 319 Å². The SMILES string of the molecule is CC(C)c1ccc(C2(c3ccc(N4C(=O)c5ccc(Oc6ccc7c(c6)C(=O)N(C(C)(C)C)C7=O)cc5C4=O)cc3)c3ccccc3-c3ccccc32)cc1. The normalized spacial score (nSPS) is 15.4. The molecule has 7 heteroatoms. The molecule has 6 aromatic carbocycles. The van der Waals surface area contributed by atoms with Crippen LogP contribution in [0.4, 0.5) is 5.69 Å². The summed E-state index contributed by atoms with van der Waals surface area (Å²) < 4.78 is 6.10. The Kier molecular flexibility index (Phi) is 7.59. The zero-order chi connectivity index (χ0) is 38.4. The topological polar surface area (TPSA) is 84.0 Å². The zero-order valence-corrected chi connectivity index (χ0v) is 31.2. The van der Waals surface area contributed by atoms with Crippen LogP contribution in [0.1, 0.15) is 110 Å². The molecule has 0 N–H and O–H groups in total. The number of carbonyl (C=O) groups excluding carboxylic acids is 4. The van der Waals surface area contributed by atoms with Crippen molar-refractivity contribution in [2.24, 2.45) is 0 Å². The molecule has 0 bridgehead atoms. The van der Waals surface area contributed by atoms with Crippen molar-refractivity contribution >= 4 is 29.3 Å². The second-order valence-electron chi connectivity index (χ2n) is 15.7. The molecule has 0 radical (unpaired) electrons. The van der Waals surface area contributed by atoms with Gasteiger partial charge in [0.1, 0.15) is 11.5 Å². The number of amides is 4. The largest absolute Gasteiger partial charge is 0.457 e. The van der Waals surface area contributed by atoms with Crippen LogP contribution in [-0.2, 0) is 5.41 Å². The smallest absolute Gasteiger partial charge is 0.266 e. The minimum atomic E-state index is -0.679. The molecule has 0 fully saturated rings. The van der Waals surface area contributed by atoms with Crippen molar-refractivity contribution in [2.45, 2.75) is 51.5 Å². The number of benzene rings is 6. The van der Waals surface area contributed by atoms with E-state index in [0.717, 1.165) is 11.1 Å². The van der Waals surface area contributed by atoms with E-state index in [1.54, 1.807) is 36.4 Å². The Bertz CT molecular complexity index is 2570. The van der Waals surface area contributed by atoms with Gasteiger partial charge >= 0.3 is 0 Å². The van der Waals surface area contributed by atoms with Crippen molar-refractivity contribution < 1.29 is 23.9 Å². The van der Waals surface area contributed by atoms with Crippen LogP contribution in [-0.4, -0.2) is 34.1 Å². The molecule has 270 valence electrons. The maximum atomic E-state index is 14.0. The molecule has 0 saturated heterocycles. The van der Waals surface area contributed by atoms with Gasteiger partial charge in [-0.2, -0.15) is 0 Å². The molecule has 2 aliphatic heterocycles. The number of nitrogens with zero attached hydrogens (tertiary/aromatic N) is 2. The van der Waals surface area contributed by atoms with Gasteiger partial charge in [0.15, 0.2) is 0 Å². The summed E-state index contributed by atoms with van der Waals surface area (Å²) in [5.74, 6) is -0.546. The van der Waals surface area contributed by atoms with Gasteiger partial charge in [0.05, 0.1) is 33.4 Å². The Morgan fingerprint density at radius 1 is 0.509 bits per heavy atom. The maximum Gasteiger partial charge on any atom is 0.266 e. The third-order valence-corrected chi connectivity index (χ3v) is 11.1. The van der Waals surface area contributed by atoms with E-state index >= 15 is 0 Å². The van der Waals surface area contributed by atoms with Crippen LogP contribution in [0, 0.1) is 0 Å². The Hall–Kier alpha value is -6.60. The van der Waals surface area contributed by atoms with Crippen LogP contribution >= 0.6 is 0 Å². The quantitative estimate of drug-likeness (QED) is 0.160. The third kappa shape index (κ3) is 5.03. The number of rotatable bonds is 6. The van der Waals surface area contributed by atoms with Gasteiger partial charge in [0, 0.05) is 5.54 Å². The molecule has 9 rings (SSSR count). The summed E-state index contributed by atoms with van der Waals surface area (Å²) in [7, 11) is 0. The second kappa shape index (κ2) is 12.2. The molecule has 6 aromatic rings. The lowest BCUT2D eigenvalue weighted by Crippen LogP contribution is -2.45. The number of carbonyl (C=O) groups is 4. The Morgan fingerprint density at radius 2 is 0.964 bits per heavy atom. The summed E-state index contributed by atoms with van der Waals surface area (Å²) in [5.41, 5.74) is 8.40. The van der Waals surface area contributed by atoms with Crippen LogP contribution in [0.5, 0.6) is 11.5 Å². The van der Waals surface area contributed by atoms with Crippen LogP contribution in [0.25, 0.3) is 11.1 Å². The molecule has 4 amide bonds. The summed E-state index contributed by atoms with van der Waals surface area (Å²) in [6.45, 7) is 9.81. The monoisotopic (exact) mass is 722 g/mol. The first-order valence-electron chi connectivity index (χ1n) is 18.5. The number of hydrogen-bond donors (Lipinski definition) is 0. The second-order valence-corrected chi connectivity index (χ2v) is 15.7.